The molecule has 0 aliphatic carbocycles. The molecule has 0 atom stereocenters. The van der Waals surface area contributed by atoms with Gasteiger partial charge in [-0.05, 0) is 26.3 Å². The van der Waals surface area contributed by atoms with Crippen LogP contribution in [0.5, 0.6) is 0 Å². The summed E-state index contributed by atoms with van der Waals surface area (Å²) in [6.45, 7) is 6.15. The van der Waals surface area contributed by atoms with E-state index in [0.29, 0.717) is 13.1 Å². The van der Waals surface area contributed by atoms with Crippen LogP contribution in [0.1, 0.15) is 32.8 Å². The van der Waals surface area contributed by atoms with Crippen LogP contribution < -0.4 is 5.32 Å². The molecule has 0 aliphatic heterocycles. The number of carbonyl (C=O) groups is 2. The van der Waals surface area contributed by atoms with E-state index in [1.54, 1.807) is 20.8 Å². The Hall–Kier alpha value is -1.88. The molecule has 0 spiro atoms. The third kappa shape index (κ3) is 6.90. The van der Waals surface area contributed by atoms with E-state index in [4.69, 9.17) is 0 Å². The number of benzene rings is 1. The Morgan fingerprint density at radius 3 is 2.38 bits per heavy atom. The van der Waals surface area contributed by atoms with Crippen molar-refractivity contribution < 1.29 is 14.7 Å². The van der Waals surface area contributed by atoms with Crippen LogP contribution in [0.3, 0.4) is 0 Å². The highest BCUT2D eigenvalue weighted by Crippen LogP contribution is 2.11. The van der Waals surface area contributed by atoms with Crippen LogP contribution in [0, 0.1) is 0 Å². The Morgan fingerprint density at radius 1 is 1.24 bits per heavy atom. The number of carbonyl (C=O) groups excluding carboxylic acids is 2. The van der Waals surface area contributed by atoms with Crippen molar-refractivity contribution in [2.75, 3.05) is 13.1 Å². The van der Waals surface area contributed by atoms with E-state index in [1.807, 2.05) is 30.3 Å². The summed E-state index contributed by atoms with van der Waals surface area (Å²) in [7, 11) is 0. The molecule has 0 saturated heterocycles. The molecule has 0 aromatic heterocycles. The normalized spacial score (nSPS) is 11.0. The van der Waals surface area contributed by atoms with Crippen LogP contribution in [0.25, 0.3) is 0 Å². The fourth-order valence-corrected chi connectivity index (χ4v) is 2.01. The fourth-order valence-electron chi connectivity index (χ4n) is 2.01. The topological polar surface area (TPSA) is 69.6 Å². The van der Waals surface area contributed by atoms with Gasteiger partial charge in [-0.1, -0.05) is 30.3 Å². The lowest BCUT2D eigenvalue weighted by Gasteiger charge is -2.29. The lowest BCUT2D eigenvalue weighted by Crippen LogP contribution is -2.43. The van der Waals surface area contributed by atoms with Crippen molar-refractivity contribution in [2.24, 2.45) is 0 Å². The summed E-state index contributed by atoms with van der Waals surface area (Å²) in [5, 5.41) is 12.6. The highest BCUT2D eigenvalue weighted by atomic mass is 16.3. The molecule has 2 N–H and O–H groups in total. The quantitative estimate of drug-likeness (QED) is 0.745. The number of amides is 2. The van der Waals surface area contributed by atoms with E-state index in [1.165, 1.54) is 4.90 Å². The van der Waals surface area contributed by atoms with Gasteiger partial charge in [0.05, 0.1) is 5.60 Å². The molecule has 0 aliphatic rings. The fraction of sp³-hybridized carbons (Fsp3) is 0.500. The van der Waals surface area contributed by atoms with E-state index < -0.39 is 5.60 Å². The lowest BCUT2D eigenvalue weighted by molar-refractivity contribution is -0.139. The largest absolute Gasteiger partial charge is 0.389 e. The van der Waals surface area contributed by atoms with E-state index in [-0.39, 0.29) is 24.8 Å². The van der Waals surface area contributed by atoms with Gasteiger partial charge in [-0.15, -0.1) is 0 Å². The van der Waals surface area contributed by atoms with E-state index in [9.17, 15) is 14.7 Å². The Labute approximate surface area is 126 Å². The van der Waals surface area contributed by atoms with Gasteiger partial charge in [0.1, 0.15) is 6.42 Å². The Bertz CT molecular complexity index is 466. The van der Waals surface area contributed by atoms with Crippen LogP contribution in [0.4, 0.5) is 0 Å². The monoisotopic (exact) mass is 292 g/mol. The smallest absolute Gasteiger partial charge is 0.232 e. The molecular formula is C16H24N2O3. The first kappa shape index (κ1) is 17.2. The summed E-state index contributed by atoms with van der Waals surface area (Å²) in [4.78, 5) is 25.3. The summed E-state index contributed by atoms with van der Waals surface area (Å²) in [5.41, 5.74) is -0.0444. The molecular weight excluding hydrogens is 268 g/mol. The SMILES string of the molecule is CCNC(=O)CC(=O)N(Cc1ccccc1)CC(C)(C)O. The highest BCUT2D eigenvalue weighted by Gasteiger charge is 2.24. The van der Waals surface area contributed by atoms with Crippen molar-refractivity contribution in [1.29, 1.82) is 0 Å². The predicted molar refractivity (Wildman–Crippen MR) is 81.5 cm³/mol. The number of hydrogen-bond acceptors (Lipinski definition) is 3. The molecule has 21 heavy (non-hydrogen) atoms. The first-order valence-electron chi connectivity index (χ1n) is 7.12. The molecule has 5 nitrogen and oxygen atoms in total. The van der Waals surface area contributed by atoms with Crippen LogP contribution in [-0.2, 0) is 16.1 Å². The molecule has 0 saturated carbocycles. The van der Waals surface area contributed by atoms with E-state index in [2.05, 4.69) is 5.32 Å². The van der Waals surface area contributed by atoms with Crippen molar-refractivity contribution in [3.05, 3.63) is 35.9 Å². The first-order chi connectivity index (χ1) is 9.81. The third-order valence-electron chi connectivity index (χ3n) is 2.83. The molecule has 2 amide bonds. The molecule has 0 radical (unpaired) electrons. The zero-order chi connectivity index (χ0) is 15.9. The zero-order valence-electron chi connectivity index (χ0n) is 12.9. The van der Waals surface area contributed by atoms with Crippen molar-refractivity contribution >= 4 is 11.8 Å². The van der Waals surface area contributed by atoms with Gasteiger partial charge in [0, 0.05) is 19.6 Å². The summed E-state index contributed by atoms with van der Waals surface area (Å²) in [5.74, 6) is -0.580. The summed E-state index contributed by atoms with van der Waals surface area (Å²) in [6.07, 6.45) is -0.198. The molecule has 1 aromatic rings. The highest BCUT2D eigenvalue weighted by molar-refractivity contribution is 5.96. The molecule has 0 heterocycles. The Balaban J connectivity index is 2.77. The van der Waals surface area contributed by atoms with Gasteiger partial charge < -0.3 is 15.3 Å². The second-order valence-electron chi connectivity index (χ2n) is 5.68. The van der Waals surface area contributed by atoms with Crippen LogP contribution >= 0.6 is 0 Å². The maximum absolute atomic E-state index is 12.3. The average Bonchev–Trinajstić information content (AvgIpc) is 2.37. The Kier molecular flexibility index (Phi) is 6.37. The van der Waals surface area contributed by atoms with Crippen molar-refractivity contribution in [3.8, 4) is 0 Å². The Morgan fingerprint density at radius 2 is 1.86 bits per heavy atom. The predicted octanol–water partition coefficient (Wildman–Crippen LogP) is 1.31. The zero-order valence-corrected chi connectivity index (χ0v) is 12.9. The van der Waals surface area contributed by atoms with Crippen LogP contribution in [0.15, 0.2) is 30.3 Å². The van der Waals surface area contributed by atoms with Gasteiger partial charge in [0.15, 0.2) is 0 Å². The standard InChI is InChI=1S/C16H24N2O3/c1-4-17-14(19)10-15(20)18(12-16(2,3)21)11-13-8-6-5-7-9-13/h5-9,21H,4,10-12H2,1-3H3,(H,17,19). The van der Waals surface area contributed by atoms with Crippen molar-refractivity contribution in [3.63, 3.8) is 0 Å². The number of hydrogen-bond donors (Lipinski definition) is 2. The van der Waals surface area contributed by atoms with Gasteiger partial charge >= 0.3 is 0 Å². The van der Waals surface area contributed by atoms with Gasteiger partial charge in [0.25, 0.3) is 0 Å². The molecule has 0 bridgehead atoms. The van der Waals surface area contributed by atoms with Gasteiger partial charge in [0.2, 0.25) is 11.8 Å². The minimum absolute atomic E-state index is 0.181. The summed E-state index contributed by atoms with van der Waals surface area (Å²) < 4.78 is 0. The maximum Gasteiger partial charge on any atom is 0.232 e. The van der Waals surface area contributed by atoms with Crippen molar-refractivity contribution in [2.45, 2.75) is 39.3 Å². The molecule has 1 rings (SSSR count). The minimum Gasteiger partial charge on any atom is -0.389 e. The second kappa shape index (κ2) is 7.78. The van der Waals surface area contributed by atoms with Crippen LogP contribution in [-0.4, -0.2) is 40.5 Å². The molecule has 5 heteroatoms. The number of rotatable bonds is 7. The number of nitrogens with zero attached hydrogens (tertiary/aromatic N) is 1. The summed E-state index contributed by atoms with van der Waals surface area (Å²) >= 11 is 0. The summed E-state index contributed by atoms with van der Waals surface area (Å²) in [6, 6.07) is 9.52. The number of nitrogens with one attached hydrogen (secondary N) is 1. The second-order valence-corrected chi connectivity index (χ2v) is 5.68. The van der Waals surface area contributed by atoms with Crippen molar-refractivity contribution in [1.82, 2.24) is 10.2 Å². The molecule has 0 unspecified atom stereocenters. The lowest BCUT2D eigenvalue weighted by atomic mass is 10.1. The average molecular weight is 292 g/mol. The minimum atomic E-state index is -1.01. The molecule has 116 valence electrons. The first-order valence-corrected chi connectivity index (χ1v) is 7.12. The van der Waals surface area contributed by atoms with E-state index >= 15 is 0 Å². The van der Waals surface area contributed by atoms with Crippen LogP contribution in [0.2, 0.25) is 0 Å². The number of aliphatic hydroxyl groups is 1. The van der Waals surface area contributed by atoms with Gasteiger partial charge in [-0.2, -0.15) is 0 Å². The third-order valence-corrected chi connectivity index (χ3v) is 2.83. The van der Waals surface area contributed by atoms with E-state index in [0.717, 1.165) is 5.56 Å². The van der Waals surface area contributed by atoms with Gasteiger partial charge in [-0.3, -0.25) is 9.59 Å². The molecule has 1 aromatic carbocycles. The van der Waals surface area contributed by atoms with Gasteiger partial charge in [-0.25, -0.2) is 0 Å². The molecule has 0 fully saturated rings. The maximum atomic E-state index is 12.3.